The molecule has 0 bridgehead atoms. The van der Waals surface area contributed by atoms with Gasteiger partial charge in [0, 0.05) is 18.9 Å². The van der Waals surface area contributed by atoms with E-state index in [4.69, 9.17) is 14.2 Å². The Morgan fingerprint density at radius 3 is 2.50 bits per heavy atom. The molecule has 5 heteroatoms. The fraction of sp³-hybridized carbons (Fsp3) is 0.533. The Bertz CT molecular complexity index is 447. The second kappa shape index (κ2) is 7.14. The van der Waals surface area contributed by atoms with Gasteiger partial charge in [-0.15, -0.1) is 0 Å². The highest BCUT2D eigenvalue weighted by molar-refractivity contribution is 5.85. The molecule has 20 heavy (non-hydrogen) atoms. The van der Waals surface area contributed by atoms with Gasteiger partial charge < -0.3 is 19.5 Å². The molecule has 1 aromatic rings. The highest BCUT2D eigenvalue weighted by atomic mass is 16.5. The zero-order valence-corrected chi connectivity index (χ0v) is 12.7. The Kier molecular flexibility index (Phi) is 5.82. The van der Waals surface area contributed by atoms with Crippen molar-refractivity contribution in [2.24, 2.45) is 5.92 Å². The van der Waals surface area contributed by atoms with Gasteiger partial charge in [0.15, 0.2) is 5.54 Å². The van der Waals surface area contributed by atoms with Gasteiger partial charge in [-0.05, 0) is 18.1 Å². The lowest BCUT2D eigenvalue weighted by molar-refractivity contribution is -0.150. The fourth-order valence-electron chi connectivity index (χ4n) is 2.06. The van der Waals surface area contributed by atoms with E-state index in [2.05, 4.69) is 5.32 Å². The normalized spacial score (nSPS) is 13.7. The summed E-state index contributed by atoms with van der Waals surface area (Å²) in [6.07, 6.45) is 0. The van der Waals surface area contributed by atoms with Gasteiger partial charge in [0.2, 0.25) is 0 Å². The van der Waals surface area contributed by atoms with Gasteiger partial charge in [-0.1, -0.05) is 19.9 Å². The van der Waals surface area contributed by atoms with Gasteiger partial charge in [-0.25, -0.2) is 4.79 Å². The van der Waals surface area contributed by atoms with Gasteiger partial charge in [0.25, 0.3) is 0 Å². The van der Waals surface area contributed by atoms with Crippen molar-refractivity contribution in [3.05, 3.63) is 24.3 Å². The Balaban J connectivity index is 3.13. The summed E-state index contributed by atoms with van der Waals surface area (Å²) in [5.74, 6) is 0.355. The third kappa shape index (κ3) is 3.42. The average Bonchev–Trinajstić information content (AvgIpc) is 2.45. The van der Waals surface area contributed by atoms with Crippen molar-refractivity contribution in [3.63, 3.8) is 0 Å². The van der Waals surface area contributed by atoms with E-state index in [0.717, 1.165) is 11.4 Å². The number of carbonyl (C=O) groups excluding carboxylic acids is 1. The number of esters is 1. The number of hydrogen-bond acceptors (Lipinski definition) is 5. The molecule has 112 valence electrons. The number of ether oxygens (including phenoxy) is 3. The van der Waals surface area contributed by atoms with E-state index < -0.39 is 5.54 Å². The molecule has 0 heterocycles. The molecular formula is C15H23NO4. The Morgan fingerprint density at radius 1 is 1.30 bits per heavy atom. The minimum Gasteiger partial charge on any atom is -0.497 e. The van der Waals surface area contributed by atoms with E-state index in [1.807, 2.05) is 38.1 Å². The molecular weight excluding hydrogens is 258 g/mol. The molecule has 0 aromatic heterocycles. The van der Waals surface area contributed by atoms with Crippen LogP contribution in [0.4, 0.5) is 5.69 Å². The van der Waals surface area contributed by atoms with Crippen LogP contribution in [0.3, 0.4) is 0 Å². The van der Waals surface area contributed by atoms with Gasteiger partial charge in [-0.3, -0.25) is 0 Å². The van der Waals surface area contributed by atoms with Crippen molar-refractivity contribution in [2.75, 3.05) is 33.3 Å². The molecule has 5 nitrogen and oxygen atoms in total. The molecule has 1 atom stereocenters. The van der Waals surface area contributed by atoms with Gasteiger partial charge in [0.1, 0.15) is 5.75 Å². The maximum absolute atomic E-state index is 12.2. The highest BCUT2D eigenvalue weighted by Gasteiger charge is 2.43. The fourth-order valence-corrected chi connectivity index (χ4v) is 2.06. The van der Waals surface area contributed by atoms with Gasteiger partial charge >= 0.3 is 5.97 Å². The van der Waals surface area contributed by atoms with Crippen LogP contribution in [-0.4, -0.2) is 39.4 Å². The smallest absolute Gasteiger partial charge is 0.334 e. The number of methoxy groups -OCH3 is 3. The maximum atomic E-state index is 12.2. The van der Waals surface area contributed by atoms with Gasteiger partial charge in [-0.2, -0.15) is 0 Å². The van der Waals surface area contributed by atoms with Crippen molar-refractivity contribution in [1.29, 1.82) is 0 Å². The lowest BCUT2D eigenvalue weighted by atomic mass is 9.86. The molecule has 0 amide bonds. The predicted octanol–water partition coefficient (Wildman–Crippen LogP) is 2.32. The van der Waals surface area contributed by atoms with Crippen LogP contribution in [0, 0.1) is 5.92 Å². The lowest BCUT2D eigenvalue weighted by Gasteiger charge is -2.35. The van der Waals surface area contributed by atoms with Crippen LogP contribution in [0.2, 0.25) is 0 Å². The van der Waals surface area contributed by atoms with Crippen LogP contribution in [0.5, 0.6) is 5.75 Å². The summed E-state index contributed by atoms with van der Waals surface area (Å²) in [5, 5.41) is 3.24. The molecule has 1 aromatic carbocycles. The molecule has 0 spiro atoms. The van der Waals surface area contributed by atoms with Crippen LogP contribution >= 0.6 is 0 Å². The molecule has 1 unspecified atom stereocenters. The number of hydrogen-bond donors (Lipinski definition) is 1. The van der Waals surface area contributed by atoms with Crippen LogP contribution < -0.4 is 10.1 Å². The third-order valence-corrected chi connectivity index (χ3v) is 3.34. The Labute approximate surface area is 120 Å². The molecule has 0 aliphatic heterocycles. The summed E-state index contributed by atoms with van der Waals surface area (Å²) in [5.41, 5.74) is -0.156. The second-order valence-electron chi connectivity index (χ2n) is 4.91. The van der Waals surface area contributed by atoms with Crippen molar-refractivity contribution < 1.29 is 19.0 Å². The first-order valence-electron chi connectivity index (χ1n) is 6.49. The van der Waals surface area contributed by atoms with Crippen LogP contribution in [0.25, 0.3) is 0 Å². The number of nitrogens with one attached hydrogen (secondary N) is 1. The predicted molar refractivity (Wildman–Crippen MR) is 78.1 cm³/mol. The van der Waals surface area contributed by atoms with Crippen molar-refractivity contribution in [1.82, 2.24) is 0 Å². The average molecular weight is 281 g/mol. The highest BCUT2D eigenvalue weighted by Crippen LogP contribution is 2.27. The number of carbonyl (C=O) groups is 1. The molecule has 1 N–H and O–H groups in total. The van der Waals surface area contributed by atoms with E-state index in [1.54, 1.807) is 14.2 Å². The summed E-state index contributed by atoms with van der Waals surface area (Å²) >= 11 is 0. The first-order valence-corrected chi connectivity index (χ1v) is 6.49. The molecule has 0 fully saturated rings. The van der Waals surface area contributed by atoms with Crippen LogP contribution in [0.15, 0.2) is 24.3 Å². The largest absolute Gasteiger partial charge is 0.497 e. The quantitative estimate of drug-likeness (QED) is 0.777. The first-order chi connectivity index (χ1) is 9.50. The molecule has 0 saturated heterocycles. The van der Waals surface area contributed by atoms with Crippen molar-refractivity contribution in [3.8, 4) is 5.75 Å². The zero-order valence-electron chi connectivity index (χ0n) is 12.7. The molecule has 0 aliphatic rings. The minimum atomic E-state index is -0.935. The Morgan fingerprint density at radius 2 is 2.00 bits per heavy atom. The lowest BCUT2D eigenvalue weighted by Crippen LogP contribution is -2.55. The summed E-state index contributed by atoms with van der Waals surface area (Å²) < 4.78 is 15.4. The van der Waals surface area contributed by atoms with Crippen LogP contribution in [-0.2, 0) is 14.3 Å². The van der Waals surface area contributed by atoms with E-state index in [0.29, 0.717) is 0 Å². The van der Waals surface area contributed by atoms with Crippen molar-refractivity contribution in [2.45, 2.75) is 19.4 Å². The SMILES string of the molecule is COCC(Nc1cccc(OC)c1)(C(=O)OC)C(C)C. The van der Waals surface area contributed by atoms with Crippen molar-refractivity contribution >= 4 is 11.7 Å². The standard InChI is InChI=1S/C15H23NO4/c1-11(2)15(10-18-3,14(17)20-5)16-12-7-6-8-13(9-12)19-4/h6-9,11,16H,10H2,1-5H3. The number of anilines is 1. The minimum absolute atomic E-state index is 0.0129. The maximum Gasteiger partial charge on any atom is 0.334 e. The second-order valence-corrected chi connectivity index (χ2v) is 4.91. The van der Waals surface area contributed by atoms with E-state index >= 15 is 0 Å². The van der Waals surface area contributed by atoms with E-state index in [9.17, 15) is 4.79 Å². The molecule has 0 radical (unpaired) electrons. The topological polar surface area (TPSA) is 56.8 Å². The number of benzene rings is 1. The zero-order chi connectivity index (χ0) is 15.2. The molecule has 0 aliphatic carbocycles. The Hall–Kier alpha value is -1.75. The first kappa shape index (κ1) is 16.3. The monoisotopic (exact) mass is 281 g/mol. The summed E-state index contributed by atoms with van der Waals surface area (Å²) in [6, 6.07) is 7.40. The molecule has 0 saturated carbocycles. The van der Waals surface area contributed by atoms with Crippen LogP contribution in [0.1, 0.15) is 13.8 Å². The molecule has 1 rings (SSSR count). The van der Waals surface area contributed by atoms with Gasteiger partial charge in [0.05, 0.1) is 20.8 Å². The third-order valence-electron chi connectivity index (χ3n) is 3.34. The summed E-state index contributed by atoms with van der Waals surface area (Å²) in [7, 11) is 4.54. The number of rotatable bonds is 7. The van der Waals surface area contributed by atoms with E-state index in [1.165, 1.54) is 7.11 Å². The summed E-state index contributed by atoms with van der Waals surface area (Å²) in [4.78, 5) is 12.2. The van der Waals surface area contributed by atoms with E-state index in [-0.39, 0.29) is 18.5 Å². The summed E-state index contributed by atoms with van der Waals surface area (Å²) in [6.45, 7) is 4.11.